The molecule has 6 nitrogen and oxygen atoms in total. The normalized spacial score (nSPS) is 17.8. The van der Waals surface area contributed by atoms with Crippen LogP contribution in [0.3, 0.4) is 0 Å². The SMILES string of the molecule is CCNC(=NCc1ccccc1OC)NCC(C)CN1CCN(C)CC1. The Labute approximate surface area is 158 Å². The molecule has 0 saturated carbocycles. The number of para-hydroxylation sites is 1. The molecule has 1 saturated heterocycles. The van der Waals surface area contributed by atoms with E-state index in [1.165, 1.54) is 26.2 Å². The topological polar surface area (TPSA) is 52.1 Å². The largest absolute Gasteiger partial charge is 0.496 e. The van der Waals surface area contributed by atoms with Crippen LogP contribution < -0.4 is 15.4 Å². The van der Waals surface area contributed by atoms with Gasteiger partial charge in [-0.1, -0.05) is 25.1 Å². The summed E-state index contributed by atoms with van der Waals surface area (Å²) < 4.78 is 5.41. The number of nitrogens with zero attached hydrogens (tertiary/aromatic N) is 3. The lowest BCUT2D eigenvalue weighted by Crippen LogP contribution is -2.47. The first kappa shape index (κ1) is 20.5. The van der Waals surface area contributed by atoms with Gasteiger partial charge in [-0.15, -0.1) is 0 Å². The van der Waals surface area contributed by atoms with Crippen molar-refractivity contribution in [1.29, 1.82) is 0 Å². The molecular weight excluding hydrogens is 326 g/mol. The van der Waals surface area contributed by atoms with Crippen molar-refractivity contribution in [3.05, 3.63) is 29.8 Å². The predicted octanol–water partition coefficient (Wildman–Crippen LogP) is 1.63. The number of guanidine groups is 1. The zero-order chi connectivity index (χ0) is 18.8. The first-order chi connectivity index (χ1) is 12.6. The number of hydrogen-bond donors (Lipinski definition) is 2. The Bertz CT molecular complexity index is 555. The predicted molar refractivity (Wildman–Crippen MR) is 109 cm³/mol. The lowest BCUT2D eigenvalue weighted by atomic mass is 10.1. The summed E-state index contributed by atoms with van der Waals surface area (Å²) in [7, 11) is 3.90. The van der Waals surface area contributed by atoms with Gasteiger partial charge in [0.2, 0.25) is 0 Å². The molecule has 0 aliphatic carbocycles. The fourth-order valence-corrected chi connectivity index (χ4v) is 3.15. The molecule has 1 aromatic rings. The van der Waals surface area contributed by atoms with Crippen molar-refractivity contribution >= 4 is 5.96 Å². The summed E-state index contributed by atoms with van der Waals surface area (Å²) >= 11 is 0. The van der Waals surface area contributed by atoms with E-state index < -0.39 is 0 Å². The van der Waals surface area contributed by atoms with E-state index >= 15 is 0 Å². The molecule has 1 heterocycles. The van der Waals surface area contributed by atoms with E-state index in [-0.39, 0.29) is 0 Å². The highest BCUT2D eigenvalue weighted by atomic mass is 16.5. The molecule has 2 N–H and O–H groups in total. The second-order valence-corrected chi connectivity index (χ2v) is 7.10. The van der Waals surface area contributed by atoms with Crippen molar-refractivity contribution in [2.45, 2.75) is 20.4 Å². The molecular formula is C20H35N5O. The van der Waals surface area contributed by atoms with E-state index in [1.54, 1.807) is 7.11 Å². The van der Waals surface area contributed by atoms with Gasteiger partial charge in [0.25, 0.3) is 0 Å². The summed E-state index contributed by atoms with van der Waals surface area (Å²) in [6.45, 7) is 12.6. The number of likely N-dealkylation sites (N-methyl/N-ethyl adjacent to an activating group) is 1. The average Bonchev–Trinajstić information content (AvgIpc) is 2.66. The standard InChI is InChI=1S/C20H35N5O/c1-5-21-20(23-15-18-8-6-7-9-19(18)26-4)22-14-17(2)16-25-12-10-24(3)11-13-25/h6-9,17H,5,10-16H2,1-4H3,(H2,21,22,23). The fraction of sp³-hybridized carbons (Fsp3) is 0.650. The summed E-state index contributed by atoms with van der Waals surface area (Å²) in [6.07, 6.45) is 0. The van der Waals surface area contributed by atoms with Crippen LogP contribution in [-0.2, 0) is 6.54 Å². The molecule has 0 aromatic heterocycles. The van der Waals surface area contributed by atoms with Crippen LogP contribution in [0.5, 0.6) is 5.75 Å². The highest BCUT2D eigenvalue weighted by Gasteiger charge is 2.16. The Morgan fingerprint density at radius 1 is 1.19 bits per heavy atom. The lowest BCUT2D eigenvalue weighted by molar-refractivity contribution is 0.139. The molecule has 1 aliphatic rings. The Morgan fingerprint density at radius 2 is 1.92 bits per heavy atom. The van der Waals surface area contributed by atoms with Crippen LogP contribution in [0.1, 0.15) is 19.4 Å². The second-order valence-electron chi connectivity index (χ2n) is 7.10. The first-order valence-corrected chi connectivity index (χ1v) is 9.67. The molecule has 26 heavy (non-hydrogen) atoms. The molecule has 1 fully saturated rings. The number of ether oxygens (including phenoxy) is 1. The van der Waals surface area contributed by atoms with Gasteiger partial charge in [0.05, 0.1) is 13.7 Å². The summed E-state index contributed by atoms with van der Waals surface area (Å²) in [5, 5.41) is 6.82. The van der Waals surface area contributed by atoms with Gasteiger partial charge >= 0.3 is 0 Å². The third-order valence-corrected chi connectivity index (χ3v) is 4.73. The van der Waals surface area contributed by atoms with Gasteiger partial charge in [0.15, 0.2) is 5.96 Å². The highest BCUT2D eigenvalue weighted by molar-refractivity contribution is 5.79. The molecule has 2 rings (SSSR count). The molecule has 1 atom stereocenters. The number of methoxy groups -OCH3 is 1. The number of rotatable bonds is 8. The molecule has 6 heteroatoms. The van der Waals surface area contributed by atoms with E-state index in [9.17, 15) is 0 Å². The Hall–Kier alpha value is -1.79. The van der Waals surface area contributed by atoms with Gasteiger partial charge in [-0.2, -0.15) is 0 Å². The minimum absolute atomic E-state index is 0.577. The molecule has 0 bridgehead atoms. The van der Waals surface area contributed by atoms with Gasteiger partial charge in [-0.3, -0.25) is 0 Å². The average molecular weight is 362 g/mol. The van der Waals surface area contributed by atoms with Crippen LogP contribution in [0.15, 0.2) is 29.3 Å². The van der Waals surface area contributed by atoms with E-state index in [0.717, 1.165) is 36.9 Å². The number of benzene rings is 1. The molecule has 1 unspecified atom stereocenters. The van der Waals surface area contributed by atoms with Gasteiger partial charge < -0.3 is 25.2 Å². The molecule has 0 amide bonds. The van der Waals surface area contributed by atoms with Crippen LogP contribution in [0.2, 0.25) is 0 Å². The van der Waals surface area contributed by atoms with Gasteiger partial charge in [0, 0.05) is 51.4 Å². The molecule has 0 radical (unpaired) electrons. The third kappa shape index (κ3) is 6.84. The third-order valence-electron chi connectivity index (χ3n) is 4.73. The Kier molecular flexibility index (Phi) is 8.71. The maximum Gasteiger partial charge on any atom is 0.191 e. The van der Waals surface area contributed by atoms with Crippen LogP contribution in [-0.4, -0.2) is 75.7 Å². The lowest BCUT2D eigenvalue weighted by Gasteiger charge is -2.34. The van der Waals surface area contributed by atoms with Crippen LogP contribution in [0.4, 0.5) is 0 Å². The van der Waals surface area contributed by atoms with E-state index in [0.29, 0.717) is 12.5 Å². The maximum absolute atomic E-state index is 5.41. The van der Waals surface area contributed by atoms with Crippen molar-refractivity contribution in [2.24, 2.45) is 10.9 Å². The molecule has 1 aliphatic heterocycles. The minimum atomic E-state index is 0.577. The Balaban J connectivity index is 1.82. The molecule has 0 spiro atoms. The van der Waals surface area contributed by atoms with Crippen molar-refractivity contribution in [3.63, 3.8) is 0 Å². The maximum atomic E-state index is 5.41. The summed E-state index contributed by atoms with van der Waals surface area (Å²) in [6, 6.07) is 8.03. The van der Waals surface area contributed by atoms with E-state index in [1.807, 2.05) is 18.2 Å². The van der Waals surface area contributed by atoms with Gasteiger partial charge in [-0.25, -0.2) is 4.99 Å². The number of hydrogen-bond acceptors (Lipinski definition) is 4. The second kappa shape index (κ2) is 11.0. The minimum Gasteiger partial charge on any atom is -0.496 e. The zero-order valence-electron chi connectivity index (χ0n) is 16.8. The molecule has 1 aromatic carbocycles. The van der Waals surface area contributed by atoms with Crippen LogP contribution in [0, 0.1) is 5.92 Å². The zero-order valence-corrected chi connectivity index (χ0v) is 16.8. The number of piperazine rings is 1. The Morgan fingerprint density at radius 3 is 2.62 bits per heavy atom. The summed E-state index contributed by atoms with van der Waals surface area (Å²) in [4.78, 5) is 9.67. The quantitative estimate of drug-likeness (QED) is 0.545. The number of aliphatic imine (C=N–C) groups is 1. The van der Waals surface area contributed by atoms with E-state index in [4.69, 9.17) is 9.73 Å². The van der Waals surface area contributed by atoms with Crippen molar-refractivity contribution in [1.82, 2.24) is 20.4 Å². The number of nitrogens with one attached hydrogen (secondary N) is 2. The fourth-order valence-electron chi connectivity index (χ4n) is 3.15. The smallest absolute Gasteiger partial charge is 0.191 e. The first-order valence-electron chi connectivity index (χ1n) is 9.67. The van der Waals surface area contributed by atoms with Crippen molar-refractivity contribution in [2.75, 3.05) is 60.0 Å². The van der Waals surface area contributed by atoms with Crippen molar-refractivity contribution in [3.8, 4) is 5.75 Å². The monoisotopic (exact) mass is 361 g/mol. The van der Waals surface area contributed by atoms with Gasteiger partial charge in [0.1, 0.15) is 5.75 Å². The molecule has 146 valence electrons. The van der Waals surface area contributed by atoms with Crippen molar-refractivity contribution < 1.29 is 4.74 Å². The summed E-state index contributed by atoms with van der Waals surface area (Å²) in [5.74, 6) is 2.33. The van der Waals surface area contributed by atoms with Gasteiger partial charge in [-0.05, 0) is 26.0 Å². The van der Waals surface area contributed by atoms with E-state index in [2.05, 4.69) is 47.4 Å². The van der Waals surface area contributed by atoms with Crippen LogP contribution >= 0.6 is 0 Å². The summed E-state index contributed by atoms with van der Waals surface area (Å²) in [5.41, 5.74) is 1.10. The van der Waals surface area contributed by atoms with Crippen LogP contribution in [0.25, 0.3) is 0 Å². The highest BCUT2D eigenvalue weighted by Crippen LogP contribution is 2.17.